The van der Waals surface area contributed by atoms with Crippen LogP contribution in [0.4, 0.5) is 5.69 Å². The lowest BCUT2D eigenvalue weighted by Gasteiger charge is -2.11. The number of carbonyl (C=O) groups excluding carboxylic acids is 2. The number of esters is 1. The molecule has 3 aromatic rings. The van der Waals surface area contributed by atoms with E-state index in [4.69, 9.17) is 4.74 Å². The largest absolute Gasteiger partial charge is 0.455 e. The lowest BCUT2D eigenvalue weighted by Crippen LogP contribution is -2.25. The van der Waals surface area contributed by atoms with Gasteiger partial charge in [-0.2, -0.15) is 5.10 Å². The van der Waals surface area contributed by atoms with Gasteiger partial charge in [0, 0.05) is 4.90 Å². The number of thioether (sulfide) groups is 1. The maximum Gasteiger partial charge on any atom is 0.319 e. The number of ether oxygens (including phenoxy) is 1. The lowest BCUT2D eigenvalue weighted by atomic mass is 10.2. The summed E-state index contributed by atoms with van der Waals surface area (Å²) < 4.78 is 6.98. The molecule has 0 saturated carbocycles. The molecule has 7 heteroatoms. The normalized spacial score (nSPS) is 11.7. The Balaban J connectivity index is 1.58. The van der Waals surface area contributed by atoms with Crippen molar-refractivity contribution in [3.05, 3.63) is 71.5 Å². The predicted octanol–water partition coefficient (Wildman–Crippen LogP) is 4.46. The first-order chi connectivity index (χ1) is 14.3. The van der Waals surface area contributed by atoms with Crippen LogP contribution >= 0.6 is 11.8 Å². The number of carbonyl (C=O) groups is 2. The Bertz CT molecular complexity index is 1030. The molecule has 1 heterocycles. The van der Waals surface area contributed by atoms with E-state index in [1.165, 1.54) is 11.8 Å². The molecule has 0 unspecified atom stereocenters. The summed E-state index contributed by atoms with van der Waals surface area (Å²) in [5.74, 6) is -0.822. The van der Waals surface area contributed by atoms with Gasteiger partial charge in [-0.15, -0.1) is 11.8 Å². The molecule has 3 rings (SSSR count). The Morgan fingerprint density at radius 1 is 1.07 bits per heavy atom. The van der Waals surface area contributed by atoms with Crippen LogP contribution < -0.4 is 5.32 Å². The van der Waals surface area contributed by atoms with E-state index >= 15 is 0 Å². The Hall–Kier alpha value is -3.06. The van der Waals surface area contributed by atoms with Gasteiger partial charge in [-0.05, 0) is 52.0 Å². The Labute approximate surface area is 180 Å². The number of aromatic nitrogens is 2. The van der Waals surface area contributed by atoms with Crippen molar-refractivity contribution in [3.63, 3.8) is 0 Å². The fourth-order valence-corrected chi connectivity index (χ4v) is 3.83. The molecule has 1 N–H and O–H groups in total. The number of aryl methyl sites for hydroxylation is 2. The minimum Gasteiger partial charge on any atom is -0.455 e. The van der Waals surface area contributed by atoms with Crippen molar-refractivity contribution in [2.45, 2.75) is 37.8 Å². The molecule has 0 spiro atoms. The summed E-state index contributed by atoms with van der Waals surface area (Å²) in [6.45, 7) is 7.17. The maximum atomic E-state index is 12.4. The van der Waals surface area contributed by atoms with Crippen molar-refractivity contribution < 1.29 is 14.3 Å². The highest BCUT2D eigenvalue weighted by atomic mass is 32.2. The number of amides is 1. The highest BCUT2D eigenvalue weighted by Gasteiger charge is 2.19. The molecule has 2 aromatic carbocycles. The second-order valence-corrected chi connectivity index (χ2v) is 8.44. The van der Waals surface area contributed by atoms with Crippen molar-refractivity contribution in [3.8, 4) is 5.69 Å². The Morgan fingerprint density at radius 2 is 1.73 bits per heavy atom. The van der Waals surface area contributed by atoms with Gasteiger partial charge in [0.25, 0.3) is 5.91 Å². The highest BCUT2D eigenvalue weighted by molar-refractivity contribution is 8.00. The summed E-state index contributed by atoms with van der Waals surface area (Å²) in [6.07, 6.45) is 0. The number of rotatable bonds is 7. The van der Waals surface area contributed by atoms with Crippen molar-refractivity contribution >= 4 is 29.3 Å². The third-order valence-corrected chi connectivity index (χ3v) is 5.66. The van der Waals surface area contributed by atoms with Gasteiger partial charge in [-0.3, -0.25) is 9.59 Å². The lowest BCUT2D eigenvalue weighted by molar-refractivity contribution is -0.146. The zero-order valence-corrected chi connectivity index (χ0v) is 18.3. The van der Waals surface area contributed by atoms with E-state index in [0.29, 0.717) is 11.4 Å². The highest BCUT2D eigenvalue weighted by Crippen LogP contribution is 2.24. The molecule has 1 amide bonds. The maximum absolute atomic E-state index is 12.4. The summed E-state index contributed by atoms with van der Waals surface area (Å²) >= 11 is 1.39. The molecule has 0 saturated heterocycles. The van der Waals surface area contributed by atoms with Gasteiger partial charge < -0.3 is 10.1 Å². The van der Waals surface area contributed by atoms with Crippen LogP contribution in [0, 0.1) is 20.8 Å². The van der Waals surface area contributed by atoms with Gasteiger partial charge in [-0.25, -0.2) is 4.68 Å². The molecule has 0 radical (unpaired) electrons. The first kappa shape index (κ1) is 21.6. The van der Waals surface area contributed by atoms with Crippen LogP contribution in [-0.2, 0) is 14.3 Å². The second-order valence-electron chi connectivity index (χ2n) is 7.02. The summed E-state index contributed by atoms with van der Waals surface area (Å²) in [5, 5.41) is 6.93. The molecule has 1 atom stereocenters. The van der Waals surface area contributed by atoms with Gasteiger partial charge in [0.1, 0.15) is 5.25 Å². The Kier molecular flexibility index (Phi) is 6.95. The zero-order chi connectivity index (χ0) is 21.7. The molecule has 0 aliphatic heterocycles. The van der Waals surface area contributed by atoms with Crippen LogP contribution in [0.1, 0.15) is 23.9 Å². The van der Waals surface area contributed by atoms with Crippen LogP contribution in [0.15, 0.2) is 59.5 Å². The molecule has 6 nitrogen and oxygen atoms in total. The summed E-state index contributed by atoms with van der Waals surface area (Å²) in [7, 11) is 0. The van der Waals surface area contributed by atoms with Crippen molar-refractivity contribution in [1.82, 2.24) is 9.78 Å². The summed E-state index contributed by atoms with van der Waals surface area (Å²) in [4.78, 5) is 25.5. The van der Waals surface area contributed by atoms with Crippen molar-refractivity contribution in [2.75, 3.05) is 11.9 Å². The van der Waals surface area contributed by atoms with Gasteiger partial charge >= 0.3 is 5.97 Å². The van der Waals surface area contributed by atoms with Gasteiger partial charge in [0.05, 0.1) is 22.8 Å². The monoisotopic (exact) mass is 423 g/mol. The van der Waals surface area contributed by atoms with Crippen LogP contribution in [-0.4, -0.2) is 33.5 Å². The first-order valence-electron chi connectivity index (χ1n) is 9.66. The molecule has 30 heavy (non-hydrogen) atoms. The van der Waals surface area contributed by atoms with E-state index in [2.05, 4.69) is 10.4 Å². The molecular weight excluding hydrogens is 398 g/mol. The first-order valence-corrected chi connectivity index (χ1v) is 10.5. The Morgan fingerprint density at radius 3 is 2.40 bits per heavy atom. The summed E-state index contributed by atoms with van der Waals surface area (Å²) in [6, 6.07) is 17.6. The van der Waals surface area contributed by atoms with Crippen LogP contribution in [0.5, 0.6) is 0 Å². The number of nitrogens with zero attached hydrogens (tertiary/aromatic N) is 2. The SMILES string of the molecule is Cc1ccc(-n2nc(C)c(NC(=O)COC(=O)[C@@H](C)Sc3ccccc3)c2C)cc1. The number of benzene rings is 2. The minimum atomic E-state index is -0.428. The molecule has 1 aromatic heterocycles. The van der Waals surface area contributed by atoms with Crippen LogP contribution in [0.3, 0.4) is 0 Å². The molecule has 156 valence electrons. The zero-order valence-electron chi connectivity index (χ0n) is 17.5. The van der Waals surface area contributed by atoms with E-state index in [1.807, 2.05) is 75.4 Å². The van der Waals surface area contributed by atoms with Crippen molar-refractivity contribution in [1.29, 1.82) is 0 Å². The smallest absolute Gasteiger partial charge is 0.319 e. The number of nitrogens with one attached hydrogen (secondary N) is 1. The molecule has 0 aliphatic carbocycles. The van der Waals surface area contributed by atoms with E-state index in [-0.39, 0.29) is 6.61 Å². The molecule has 0 fully saturated rings. The number of anilines is 1. The van der Waals surface area contributed by atoms with E-state index in [1.54, 1.807) is 11.6 Å². The number of hydrogen-bond acceptors (Lipinski definition) is 5. The number of hydrogen-bond donors (Lipinski definition) is 1. The van der Waals surface area contributed by atoms with Gasteiger partial charge in [0.15, 0.2) is 6.61 Å². The van der Waals surface area contributed by atoms with E-state index in [9.17, 15) is 9.59 Å². The van der Waals surface area contributed by atoms with Gasteiger partial charge in [0.2, 0.25) is 0 Å². The van der Waals surface area contributed by atoms with E-state index in [0.717, 1.165) is 21.8 Å². The van der Waals surface area contributed by atoms with E-state index < -0.39 is 17.1 Å². The van der Waals surface area contributed by atoms with Gasteiger partial charge in [-0.1, -0.05) is 35.9 Å². The third kappa shape index (κ3) is 5.30. The fourth-order valence-electron chi connectivity index (χ4n) is 2.94. The molecule has 0 aliphatic rings. The summed E-state index contributed by atoms with van der Waals surface area (Å²) in [5.41, 5.74) is 4.21. The second kappa shape index (κ2) is 9.63. The molecular formula is C23H25N3O3S. The van der Waals surface area contributed by atoms with Crippen molar-refractivity contribution in [2.24, 2.45) is 0 Å². The minimum absolute atomic E-state index is 0.340. The molecule has 0 bridgehead atoms. The van der Waals surface area contributed by atoms with Crippen LogP contribution in [0.2, 0.25) is 0 Å². The van der Waals surface area contributed by atoms with Crippen LogP contribution in [0.25, 0.3) is 5.69 Å². The predicted molar refractivity (Wildman–Crippen MR) is 119 cm³/mol. The average molecular weight is 424 g/mol. The quantitative estimate of drug-likeness (QED) is 0.449. The standard InChI is InChI=1S/C23H25N3O3S/c1-15-10-12-19(13-11-15)26-17(3)22(16(2)25-26)24-21(27)14-29-23(28)18(4)30-20-8-6-5-7-9-20/h5-13,18H,14H2,1-4H3,(H,24,27)/t18-/m1/s1. The topological polar surface area (TPSA) is 73.2 Å². The third-order valence-electron chi connectivity index (χ3n) is 4.57. The average Bonchev–Trinajstić information content (AvgIpc) is 3.01. The fraction of sp³-hybridized carbons (Fsp3) is 0.261.